The first kappa shape index (κ1) is 22.0. The summed E-state index contributed by atoms with van der Waals surface area (Å²) in [5.74, 6) is 0.675. The maximum atomic E-state index is 13.9. The van der Waals surface area contributed by atoms with E-state index in [1.54, 1.807) is 87.0 Å². The van der Waals surface area contributed by atoms with Crippen LogP contribution in [0.5, 0.6) is 5.75 Å². The highest BCUT2D eigenvalue weighted by Crippen LogP contribution is 2.25. The summed E-state index contributed by atoms with van der Waals surface area (Å²) in [7, 11) is 3.12. The Balaban J connectivity index is 1.91. The van der Waals surface area contributed by atoms with Gasteiger partial charge in [-0.2, -0.15) is 0 Å². The highest BCUT2D eigenvalue weighted by Gasteiger charge is 2.21. The largest absolute Gasteiger partial charge is 0.497 e. The molecule has 3 aromatic carbocycles. The Morgan fingerprint density at radius 1 is 0.743 bits per heavy atom. The molecule has 8 heteroatoms. The van der Waals surface area contributed by atoms with Crippen LogP contribution in [0.3, 0.4) is 0 Å². The molecule has 0 spiro atoms. The molecule has 0 aliphatic rings. The lowest BCUT2D eigenvalue weighted by molar-refractivity contribution is 0.415. The van der Waals surface area contributed by atoms with Crippen LogP contribution in [0.4, 0.5) is 11.4 Å². The van der Waals surface area contributed by atoms with Gasteiger partial charge < -0.3 is 10.1 Å². The molecule has 2 aromatic heterocycles. The SMILES string of the molecule is COc1ccc(Nc2cc(=O)n(C)c3c2c(=O)n(-c2ccccc2)c(=O)n3-c2ccccc2)cc1. The molecule has 0 aliphatic heterocycles. The van der Waals surface area contributed by atoms with E-state index < -0.39 is 11.2 Å². The number of rotatable bonds is 5. The van der Waals surface area contributed by atoms with Crippen molar-refractivity contribution in [3.63, 3.8) is 0 Å². The normalized spacial score (nSPS) is 10.9. The lowest BCUT2D eigenvalue weighted by Gasteiger charge is -2.19. The number of ether oxygens (including phenoxy) is 1. The van der Waals surface area contributed by atoms with Crippen LogP contribution >= 0.6 is 0 Å². The highest BCUT2D eigenvalue weighted by molar-refractivity contribution is 5.91. The molecular weight excluding hydrogens is 444 g/mol. The van der Waals surface area contributed by atoms with Crippen molar-refractivity contribution < 1.29 is 4.74 Å². The van der Waals surface area contributed by atoms with Crippen LogP contribution < -0.4 is 26.9 Å². The third kappa shape index (κ3) is 3.80. The first-order chi connectivity index (χ1) is 17.0. The molecule has 0 amide bonds. The van der Waals surface area contributed by atoms with Gasteiger partial charge in [-0.15, -0.1) is 0 Å². The predicted octanol–water partition coefficient (Wildman–Crippen LogP) is 3.59. The van der Waals surface area contributed by atoms with Crippen LogP contribution in [0.15, 0.2) is 105 Å². The van der Waals surface area contributed by atoms with E-state index in [1.807, 2.05) is 12.1 Å². The van der Waals surface area contributed by atoms with Crippen molar-refractivity contribution in [1.82, 2.24) is 13.7 Å². The van der Waals surface area contributed by atoms with E-state index in [4.69, 9.17) is 4.74 Å². The zero-order valence-electron chi connectivity index (χ0n) is 19.1. The summed E-state index contributed by atoms with van der Waals surface area (Å²) in [4.78, 5) is 40.7. The van der Waals surface area contributed by atoms with Crippen LogP contribution in [0.25, 0.3) is 22.4 Å². The van der Waals surface area contributed by atoms with Crippen molar-refractivity contribution in [2.75, 3.05) is 12.4 Å². The van der Waals surface area contributed by atoms with Crippen molar-refractivity contribution in [2.45, 2.75) is 0 Å². The number of anilines is 2. The number of benzene rings is 3. The van der Waals surface area contributed by atoms with Gasteiger partial charge in [0.15, 0.2) is 0 Å². The van der Waals surface area contributed by atoms with Crippen molar-refractivity contribution in [2.24, 2.45) is 7.05 Å². The fourth-order valence-corrected chi connectivity index (χ4v) is 4.09. The monoisotopic (exact) mass is 466 g/mol. The van der Waals surface area contributed by atoms with Gasteiger partial charge in [0, 0.05) is 18.8 Å². The van der Waals surface area contributed by atoms with E-state index in [0.717, 1.165) is 4.57 Å². The molecule has 0 saturated heterocycles. The summed E-state index contributed by atoms with van der Waals surface area (Å²) in [6, 6.07) is 26.1. The van der Waals surface area contributed by atoms with E-state index in [-0.39, 0.29) is 16.6 Å². The summed E-state index contributed by atoms with van der Waals surface area (Å²) in [6.45, 7) is 0. The van der Waals surface area contributed by atoms with Gasteiger partial charge in [-0.25, -0.2) is 13.9 Å². The molecular formula is C27H22N4O4. The van der Waals surface area contributed by atoms with Gasteiger partial charge in [0.1, 0.15) is 16.8 Å². The van der Waals surface area contributed by atoms with Gasteiger partial charge in [0.2, 0.25) is 0 Å². The van der Waals surface area contributed by atoms with Crippen LogP contribution in [0, 0.1) is 0 Å². The molecule has 35 heavy (non-hydrogen) atoms. The second kappa shape index (κ2) is 8.83. The minimum absolute atomic E-state index is 0.196. The Hall–Kier alpha value is -4.85. The minimum Gasteiger partial charge on any atom is -0.497 e. The molecule has 0 fully saturated rings. The standard InChI is InChI=1S/C27H22N4O4/c1-29-23(32)17-22(28-18-13-15-21(35-2)16-14-18)24-25(29)30(19-9-5-3-6-10-19)27(34)31(26(24)33)20-11-7-4-8-12-20/h3-17,28H,1-2H3. The second-order valence-corrected chi connectivity index (χ2v) is 7.94. The molecule has 0 saturated carbocycles. The Morgan fingerprint density at radius 3 is 1.89 bits per heavy atom. The van der Waals surface area contributed by atoms with Crippen molar-refractivity contribution in [3.05, 3.63) is 122 Å². The van der Waals surface area contributed by atoms with Crippen LogP contribution in [0.2, 0.25) is 0 Å². The number of nitrogens with zero attached hydrogens (tertiary/aromatic N) is 3. The smallest absolute Gasteiger partial charge is 0.341 e. The lowest BCUT2D eigenvalue weighted by atomic mass is 10.2. The number of aromatic nitrogens is 3. The molecule has 1 N–H and O–H groups in total. The van der Waals surface area contributed by atoms with Gasteiger partial charge >= 0.3 is 5.69 Å². The number of para-hydroxylation sites is 2. The summed E-state index contributed by atoms with van der Waals surface area (Å²) < 4.78 is 9.05. The average Bonchev–Trinajstić information content (AvgIpc) is 2.88. The van der Waals surface area contributed by atoms with Gasteiger partial charge in [-0.1, -0.05) is 36.4 Å². The maximum absolute atomic E-state index is 13.9. The minimum atomic E-state index is -0.573. The number of fused-ring (bicyclic) bond motifs is 1. The maximum Gasteiger partial charge on any atom is 0.341 e. The molecule has 0 radical (unpaired) electrons. The molecule has 0 unspecified atom stereocenters. The summed E-state index contributed by atoms with van der Waals surface area (Å²) in [6.07, 6.45) is 0. The number of nitrogens with one attached hydrogen (secondary N) is 1. The van der Waals surface area contributed by atoms with Gasteiger partial charge in [-0.3, -0.25) is 14.2 Å². The van der Waals surface area contributed by atoms with Gasteiger partial charge in [-0.05, 0) is 48.5 Å². The van der Waals surface area contributed by atoms with E-state index in [2.05, 4.69) is 5.32 Å². The first-order valence-electron chi connectivity index (χ1n) is 10.9. The van der Waals surface area contributed by atoms with Crippen LogP contribution in [-0.4, -0.2) is 20.8 Å². The van der Waals surface area contributed by atoms with Crippen molar-refractivity contribution in [3.8, 4) is 17.1 Å². The molecule has 174 valence electrons. The molecule has 8 nitrogen and oxygen atoms in total. The van der Waals surface area contributed by atoms with E-state index in [1.165, 1.54) is 15.2 Å². The van der Waals surface area contributed by atoms with Crippen LogP contribution in [0.1, 0.15) is 0 Å². The number of hydrogen-bond donors (Lipinski definition) is 1. The first-order valence-corrected chi connectivity index (χ1v) is 10.9. The zero-order valence-corrected chi connectivity index (χ0v) is 19.1. The van der Waals surface area contributed by atoms with Crippen molar-refractivity contribution in [1.29, 1.82) is 0 Å². The molecule has 0 bridgehead atoms. The Morgan fingerprint density at radius 2 is 1.31 bits per heavy atom. The number of aryl methyl sites for hydroxylation is 1. The molecule has 5 aromatic rings. The number of hydrogen-bond acceptors (Lipinski definition) is 5. The third-order valence-electron chi connectivity index (χ3n) is 5.82. The topological polar surface area (TPSA) is 87.3 Å². The fourth-order valence-electron chi connectivity index (χ4n) is 4.09. The summed E-state index contributed by atoms with van der Waals surface area (Å²) in [5, 5.41) is 3.39. The van der Waals surface area contributed by atoms with E-state index >= 15 is 0 Å². The second-order valence-electron chi connectivity index (χ2n) is 7.94. The quantitative estimate of drug-likeness (QED) is 0.428. The highest BCUT2D eigenvalue weighted by atomic mass is 16.5. The van der Waals surface area contributed by atoms with Gasteiger partial charge in [0.25, 0.3) is 11.1 Å². The third-order valence-corrected chi connectivity index (χ3v) is 5.82. The molecule has 5 rings (SSSR count). The summed E-state index contributed by atoms with van der Waals surface area (Å²) >= 11 is 0. The summed E-state index contributed by atoms with van der Waals surface area (Å²) in [5.41, 5.74) is 0.640. The predicted molar refractivity (Wildman–Crippen MR) is 137 cm³/mol. The van der Waals surface area contributed by atoms with Crippen molar-refractivity contribution >= 4 is 22.4 Å². The van der Waals surface area contributed by atoms with Gasteiger partial charge in [0.05, 0.1) is 24.2 Å². The Labute approximate surface area is 199 Å². The van der Waals surface area contributed by atoms with Crippen LogP contribution in [-0.2, 0) is 7.05 Å². The van der Waals surface area contributed by atoms with E-state index in [0.29, 0.717) is 28.5 Å². The lowest BCUT2D eigenvalue weighted by Crippen LogP contribution is -2.40. The molecule has 2 heterocycles. The fraction of sp³-hybridized carbons (Fsp3) is 0.0741. The molecule has 0 aliphatic carbocycles. The Kier molecular flexibility index (Phi) is 5.54. The average molecular weight is 466 g/mol. The molecule has 0 atom stereocenters. The number of methoxy groups -OCH3 is 1. The Bertz CT molecular complexity index is 1700. The number of pyridine rings is 1. The van der Waals surface area contributed by atoms with E-state index in [9.17, 15) is 14.4 Å². The zero-order chi connectivity index (χ0) is 24.5.